The number of primary amides is 1. The molecule has 0 aliphatic rings. The lowest BCUT2D eigenvalue weighted by Crippen LogP contribution is -2.20. The van der Waals surface area contributed by atoms with Crippen LogP contribution in [-0.2, 0) is 15.7 Å². The highest BCUT2D eigenvalue weighted by molar-refractivity contribution is 7.73. The molecule has 0 aliphatic heterocycles. The summed E-state index contributed by atoms with van der Waals surface area (Å²) in [5.74, 6) is -0.452. The molecule has 0 fully saturated rings. The number of carbonyl (C=O) groups excluding carboxylic acids is 1. The number of amides is 1. The number of pyridine rings is 2. The molecule has 0 spiro atoms. The number of carbonyl (C=O) groups is 1. The van der Waals surface area contributed by atoms with Gasteiger partial charge in [0.05, 0.1) is 0 Å². The van der Waals surface area contributed by atoms with E-state index in [9.17, 15) is 28.6 Å². The predicted octanol–water partition coefficient (Wildman–Crippen LogP) is 0.928. The predicted molar refractivity (Wildman–Crippen MR) is 96.5 cm³/mol. The van der Waals surface area contributed by atoms with Gasteiger partial charge in [0.2, 0.25) is 12.9 Å². The molecule has 11 nitrogen and oxygen atoms in total. The van der Waals surface area contributed by atoms with Gasteiger partial charge in [-0.2, -0.15) is 0 Å². The van der Waals surface area contributed by atoms with Crippen LogP contribution in [0.2, 0.25) is 0 Å². The summed E-state index contributed by atoms with van der Waals surface area (Å²) in [6, 6.07) is 5.88. The summed E-state index contributed by atoms with van der Waals surface area (Å²) in [5.41, 5.74) is 3.87. The van der Waals surface area contributed by atoms with E-state index in [4.69, 9.17) is 10.5 Å². The Morgan fingerprint density at radius 3 is 2.48 bits per heavy atom. The summed E-state index contributed by atoms with van der Waals surface area (Å²) in [4.78, 5) is 46.9. The first-order valence-corrected chi connectivity index (χ1v) is 11.3. The van der Waals surface area contributed by atoms with Crippen molar-refractivity contribution in [1.82, 2.24) is 9.97 Å². The zero-order valence-electron chi connectivity index (χ0n) is 14.1. The van der Waals surface area contributed by atoms with E-state index in [0.29, 0.717) is 5.56 Å². The van der Waals surface area contributed by atoms with Crippen molar-refractivity contribution in [2.24, 2.45) is 5.73 Å². The SMILES string of the molecule is CP(=O)(O)C(Nc1cc(OCc2ccnc(C(N)=O)c2)ccn1)P(=O)(O)O. The maximum atomic E-state index is 11.7. The van der Waals surface area contributed by atoms with Crippen molar-refractivity contribution in [2.45, 2.75) is 12.1 Å². The van der Waals surface area contributed by atoms with Crippen LogP contribution < -0.4 is 15.8 Å². The molecular weight excluding hydrogens is 398 g/mol. The molecule has 0 saturated carbocycles. The zero-order valence-corrected chi connectivity index (χ0v) is 15.9. The number of hydrogen-bond acceptors (Lipinski definition) is 7. The molecule has 2 aromatic heterocycles. The Morgan fingerprint density at radius 2 is 1.89 bits per heavy atom. The van der Waals surface area contributed by atoms with Crippen molar-refractivity contribution in [1.29, 1.82) is 0 Å². The van der Waals surface area contributed by atoms with E-state index in [1.54, 1.807) is 6.07 Å². The number of anilines is 1. The molecule has 0 radical (unpaired) electrons. The largest absolute Gasteiger partial charge is 0.489 e. The van der Waals surface area contributed by atoms with Gasteiger partial charge in [-0.3, -0.25) is 18.9 Å². The molecule has 146 valence electrons. The van der Waals surface area contributed by atoms with Crippen LogP contribution in [0.5, 0.6) is 5.75 Å². The maximum Gasteiger partial charge on any atom is 0.357 e. The fraction of sp³-hybridized carbons (Fsp3) is 0.214. The third-order valence-corrected chi connectivity index (χ3v) is 7.25. The van der Waals surface area contributed by atoms with Crippen LogP contribution in [0.1, 0.15) is 16.1 Å². The molecule has 0 aliphatic carbocycles. The average molecular weight is 416 g/mol. The Bertz CT molecular complexity index is 905. The van der Waals surface area contributed by atoms with Gasteiger partial charge >= 0.3 is 7.60 Å². The summed E-state index contributed by atoms with van der Waals surface area (Å²) < 4.78 is 28.7. The number of nitrogens with zero attached hydrogens (tertiary/aromatic N) is 2. The highest BCUT2D eigenvalue weighted by atomic mass is 31.2. The summed E-state index contributed by atoms with van der Waals surface area (Å²) in [7, 11) is -9.07. The van der Waals surface area contributed by atoms with Crippen LogP contribution in [0.3, 0.4) is 0 Å². The van der Waals surface area contributed by atoms with Crippen molar-refractivity contribution in [3.63, 3.8) is 0 Å². The van der Waals surface area contributed by atoms with Crippen LogP contribution in [0.25, 0.3) is 0 Å². The van der Waals surface area contributed by atoms with Crippen LogP contribution in [0.4, 0.5) is 5.82 Å². The second-order valence-corrected chi connectivity index (χ2v) is 10.1. The standard InChI is InChI=1S/C14H18N4O7P2/c1-26(20,21)14(27(22,23)24)18-12-7-10(3-5-17-12)25-8-9-2-4-16-11(6-9)13(15)19/h2-7,14H,8H2,1H3,(H2,15,19)(H,17,18)(H,20,21)(H2,22,23,24). The summed E-state index contributed by atoms with van der Waals surface area (Å²) in [6.45, 7) is 0.893. The van der Waals surface area contributed by atoms with Crippen molar-refractivity contribution in [2.75, 3.05) is 12.0 Å². The molecule has 1 amide bonds. The van der Waals surface area contributed by atoms with Gasteiger partial charge < -0.3 is 30.5 Å². The van der Waals surface area contributed by atoms with Gasteiger partial charge in [0, 0.05) is 25.1 Å². The van der Waals surface area contributed by atoms with Gasteiger partial charge in [-0.05, 0) is 23.8 Å². The summed E-state index contributed by atoms with van der Waals surface area (Å²) in [6.07, 6.45) is 2.71. The number of nitrogens with two attached hydrogens (primary N) is 1. The second-order valence-electron chi connectivity index (χ2n) is 5.63. The van der Waals surface area contributed by atoms with Gasteiger partial charge in [0.15, 0.2) is 0 Å². The van der Waals surface area contributed by atoms with Crippen LogP contribution in [0.15, 0.2) is 36.7 Å². The van der Waals surface area contributed by atoms with Gasteiger partial charge in [-0.25, -0.2) is 4.98 Å². The van der Waals surface area contributed by atoms with Crippen molar-refractivity contribution in [3.05, 3.63) is 47.9 Å². The normalized spacial score (nSPS) is 14.8. The molecular formula is C14H18N4O7P2. The van der Waals surface area contributed by atoms with Crippen molar-refractivity contribution in [3.8, 4) is 5.75 Å². The number of hydrogen-bond donors (Lipinski definition) is 5. The van der Waals surface area contributed by atoms with E-state index in [0.717, 1.165) is 6.66 Å². The minimum Gasteiger partial charge on any atom is -0.489 e. The molecule has 2 atom stereocenters. The molecule has 2 unspecified atom stereocenters. The summed E-state index contributed by atoms with van der Waals surface area (Å²) in [5, 5.41) is 2.28. The quantitative estimate of drug-likeness (QED) is 0.388. The van der Waals surface area contributed by atoms with Gasteiger partial charge in [-0.1, -0.05) is 0 Å². The molecule has 2 rings (SSSR count). The molecule has 6 N–H and O–H groups in total. The third kappa shape index (κ3) is 6.13. The van der Waals surface area contributed by atoms with E-state index in [-0.39, 0.29) is 23.9 Å². The second kappa shape index (κ2) is 8.16. The van der Waals surface area contributed by atoms with E-state index in [2.05, 4.69) is 15.3 Å². The Hall–Kier alpha value is -2.29. The molecule has 2 aromatic rings. The maximum absolute atomic E-state index is 11.7. The first kappa shape index (κ1) is 21.0. The number of nitrogens with one attached hydrogen (secondary N) is 1. The summed E-state index contributed by atoms with van der Waals surface area (Å²) >= 11 is 0. The van der Waals surface area contributed by atoms with E-state index >= 15 is 0 Å². The van der Waals surface area contributed by atoms with Crippen molar-refractivity contribution < 1.29 is 33.3 Å². The molecule has 0 bridgehead atoms. The van der Waals surface area contributed by atoms with Crippen molar-refractivity contribution >= 4 is 26.7 Å². The minimum absolute atomic E-state index is 0.0514. The molecule has 0 aromatic carbocycles. The molecule has 0 saturated heterocycles. The number of aromatic nitrogens is 2. The Labute approximate surface area is 154 Å². The molecule has 2 heterocycles. The molecule has 27 heavy (non-hydrogen) atoms. The number of ether oxygens (including phenoxy) is 1. The zero-order chi connectivity index (χ0) is 20.2. The van der Waals surface area contributed by atoms with Crippen LogP contribution in [0, 0.1) is 0 Å². The molecule has 13 heteroatoms. The smallest absolute Gasteiger partial charge is 0.357 e. The topological polar surface area (TPSA) is 185 Å². The average Bonchev–Trinajstić information content (AvgIpc) is 2.56. The van der Waals surface area contributed by atoms with Gasteiger partial charge in [0.1, 0.15) is 23.9 Å². The fourth-order valence-corrected chi connectivity index (χ4v) is 4.97. The monoisotopic (exact) mass is 416 g/mol. The highest BCUT2D eigenvalue weighted by Gasteiger charge is 2.41. The van der Waals surface area contributed by atoms with Gasteiger partial charge in [0.25, 0.3) is 5.91 Å². The van der Waals surface area contributed by atoms with Crippen LogP contribution >= 0.6 is 15.0 Å². The minimum atomic E-state index is -4.91. The van der Waals surface area contributed by atoms with Gasteiger partial charge in [-0.15, -0.1) is 0 Å². The third-order valence-electron chi connectivity index (χ3n) is 3.26. The lowest BCUT2D eigenvalue weighted by atomic mass is 10.2. The first-order valence-electron chi connectivity index (χ1n) is 7.42. The van der Waals surface area contributed by atoms with Crippen LogP contribution in [-0.4, -0.2) is 42.7 Å². The Balaban J connectivity index is 2.13. The Morgan fingerprint density at radius 1 is 1.22 bits per heavy atom. The Kier molecular flexibility index (Phi) is 6.35. The highest BCUT2D eigenvalue weighted by Crippen LogP contribution is 2.59. The number of rotatable bonds is 8. The lowest BCUT2D eigenvalue weighted by Gasteiger charge is -2.22. The van der Waals surface area contributed by atoms with E-state index in [1.165, 1.54) is 30.6 Å². The fourth-order valence-electron chi connectivity index (χ4n) is 2.06. The van der Waals surface area contributed by atoms with E-state index < -0.39 is 26.4 Å². The lowest BCUT2D eigenvalue weighted by molar-refractivity contribution is 0.0995. The first-order chi connectivity index (χ1) is 12.5. The van der Waals surface area contributed by atoms with E-state index in [1.807, 2.05) is 0 Å².